The zero-order valence-electron chi connectivity index (χ0n) is 17.2. The van der Waals surface area contributed by atoms with E-state index in [1.165, 1.54) is 0 Å². The highest BCUT2D eigenvalue weighted by molar-refractivity contribution is 8.01. The number of nitrogens with zero attached hydrogens (tertiary/aromatic N) is 3. The largest absolute Gasteiger partial charge is 0.485 e. The van der Waals surface area contributed by atoms with Crippen LogP contribution in [-0.4, -0.2) is 21.0 Å². The van der Waals surface area contributed by atoms with E-state index in [2.05, 4.69) is 20.4 Å². The Morgan fingerprint density at radius 1 is 1.13 bits per heavy atom. The number of carbonyl (C=O) groups excluding carboxylic acids is 1. The van der Waals surface area contributed by atoms with Crippen LogP contribution in [0.3, 0.4) is 0 Å². The lowest BCUT2D eigenvalue weighted by Crippen LogP contribution is -2.12. The molecule has 1 N–H and O–H groups in total. The molecule has 158 valence electrons. The Bertz CT molecular complexity index is 1200. The fourth-order valence-electron chi connectivity index (χ4n) is 2.76. The summed E-state index contributed by atoms with van der Waals surface area (Å²) < 4.78 is 11.5. The highest BCUT2D eigenvalue weighted by Crippen LogP contribution is 2.32. The van der Waals surface area contributed by atoms with E-state index in [4.69, 9.17) is 9.26 Å². The summed E-state index contributed by atoms with van der Waals surface area (Å²) >= 11 is 3.25. The number of ether oxygens (including phenoxy) is 1. The Hall–Kier alpha value is -3.17. The van der Waals surface area contributed by atoms with Gasteiger partial charge < -0.3 is 14.6 Å². The summed E-state index contributed by atoms with van der Waals surface area (Å²) in [6.45, 7) is 5.88. The summed E-state index contributed by atoms with van der Waals surface area (Å²) in [5.74, 6) is 1.40. The predicted octanol–water partition coefficient (Wildman–Crippen LogP) is 5.43. The molecule has 7 nitrogen and oxygen atoms in total. The topological polar surface area (TPSA) is 90.1 Å². The number of amides is 1. The number of carbonyl (C=O) groups is 1. The molecule has 0 aliphatic carbocycles. The van der Waals surface area contributed by atoms with E-state index in [0.717, 1.165) is 26.2 Å². The third-order valence-corrected chi connectivity index (χ3v) is 6.35. The maximum absolute atomic E-state index is 12.6. The molecular weight excluding hydrogens is 432 g/mol. The van der Waals surface area contributed by atoms with Crippen molar-refractivity contribution in [2.75, 3.05) is 5.32 Å². The summed E-state index contributed by atoms with van der Waals surface area (Å²) in [6.07, 6.45) is 0. The second-order valence-electron chi connectivity index (χ2n) is 6.83. The first kappa shape index (κ1) is 21.1. The Labute approximate surface area is 187 Å². The predicted molar refractivity (Wildman–Crippen MR) is 120 cm³/mol. The lowest BCUT2D eigenvalue weighted by Gasteiger charge is -2.10. The van der Waals surface area contributed by atoms with Crippen molar-refractivity contribution in [3.63, 3.8) is 0 Å². The third-order valence-electron chi connectivity index (χ3n) is 4.30. The first-order valence-corrected chi connectivity index (χ1v) is 11.2. The number of nitrogens with one attached hydrogen (secondary N) is 1. The average molecular weight is 453 g/mol. The third kappa shape index (κ3) is 5.50. The van der Waals surface area contributed by atoms with E-state index in [1.54, 1.807) is 54.3 Å². The van der Waals surface area contributed by atoms with E-state index in [0.29, 0.717) is 23.0 Å². The van der Waals surface area contributed by atoms with E-state index in [-0.39, 0.29) is 12.5 Å². The quantitative estimate of drug-likeness (QED) is 0.400. The number of thiazole rings is 1. The number of benzene rings is 2. The molecule has 0 bridgehead atoms. The first-order valence-electron chi connectivity index (χ1n) is 9.50. The standard InChI is InChI=1S/C22H20N4O3S2/c1-13-10-18(31-22-23-14(2)12-30-22)8-9-19(13)25-21(27)16-4-6-17(7-5-16)28-11-20-24-15(3)29-26-20/h4-10,12H,11H2,1-3H3,(H,25,27). The average Bonchev–Trinajstić information content (AvgIpc) is 3.36. The van der Waals surface area contributed by atoms with Gasteiger partial charge in [-0.1, -0.05) is 16.9 Å². The van der Waals surface area contributed by atoms with E-state index in [1.807, 2.05) is 37.4 Å². The fraction of sp³-hybridized carbons (Fsp3) is 0.182. The van der Waals surface area contributed by atoms with Crippen LogP contribution in [0.15, 0.2) is 61.6 Å². The lowest BCUT2D eigenvalue weighted by atomic mass is 10.1. The van der Waals surface area contributed by atoms with Crippen LogP contribution >= 0.6 is 23.1 Å². The lowest BCUT2D eigenvalue weighted by molar-refractivity contribution is 0.102. The molecule has 0 aliphatic rings. The number of rotatable bonds is 7. The Morgan fingerprint density at radius 2 is 1.94 bits per heavy atom. The van der Waals surface area contributed by atoms with E-state index in [9.17, 15) is 4.79 Å². The van der Waals surface area contributed by atoms with Crippen molar-refractivity contribution in [2.45, 2.75) is 36.6 Å². The summed E-state index contributed by atoms with van der Waals surface area (Å²) in [4.78, 5) is 22.3. The van der Waals surface area contributed by atoms with Gasteiger partial charge in [0.15, 0.2) is 10.9 Å². The van der Waals surface area contributed by atoms with Gasteiger partial charge in [-0.3, -0.25) is 4.79 Å². The maximum Gasteiger partial charge on any atom is 0.255 e. The Balaban J connectivity index is 1.36. The Morgan fingerprint density at radius 3 is 2.58 bits per heavy atom. The Kier molecular flexibility index (Phi) is 6.34. The summed E-state index contributed by atoms with van der Waals surface area (Å²) in [5, 5.41) is 8.78. The minimum absolute atomic E-state index is 0.181. The second kappa shape index (κ2) is 9.32. The minimum atomic E-state index is -0.181. The van der Waals surface area contributed by atoms with Crippen LogP contribution in [0.2, 0.25) is 0 Å². The van der Waals surface area contributed by atoms with Crippen molar-refractivity contribution in [1.82, 2.24) is 15.1 Å². The number of anilines is 1. The maximum atomic E-state index is 12.6. The van der Waals surface area contributed by atoms with Gasteiger partial charge in [-0.05, 0) is 61.9 Å². The molecule has 2 aromatic heterocycles. The van der Waals surface area contributed by atoms with Gasteiger partial charge in [-0.15, -0.1) is 11.3 Å². The monoisotopic (exact) mass is 452 g/mol. The van der Waals surface area contributed by atoms with Crippen LogP contribution in [0.25, 0.3) is 0 Å². The molecule has 0 saturated carbocycles. The molecule has 0 atom stereocenters. The van der Waals surface area contributed by atoms with E-state index < -0.39 is 0 Å². The molecule has 31 heavy (non-hydrogen) atoms. The number of aromatic nitrogens is 3. The van der Waals surface area contributed by atoms with Gasteiger partial charge in [0, 0.05) is 34.1 Å². The fourth-order valence-corrected chi connectivity index (χ4v) is 4.67. The molecule has 2 aromatic carbocycles. The van der Waals surface area contributed by atoms with Gasteiger partial charge in [-0.25, -0.2) is 4.98 Å². The molecule has 0 aliphatic heterocycles. The molecule has 4 aromatic rings. The van der Waals surface area contributed by atoms with Crippen molar-refractivity contribution in [2.24, 2.45) is 0 Å². The van der Waals surface area contributed by atoms with Gasteiger partial charge in [0.2, 0.25) is 11.7 Å². The molecule has 4 rings (SSSR count). The van der Waals surface area contributed by atoms with Crippen LogP contribution in [0.5, 0.6) is 5.75 Å². The van der Waals surface area contributed by atoms with Gasteiger partial charge in [0.25, 0.3) is 5.91 Å². The van der Waals surface area contributed by atoms with E-state index >= 15 is 0 Å². The van der Waals surface area contributed by atoms with Crippen LogP contribution in [0.1, 0.15) is 33.3 Å². The SMILES string of the molecule is Cc1csc(Sc2ccc(NC(=O)c3ccc(OCc4noc(C)n4)cc3)c(C)c2)n1. The van der Waals surface area contributed by atoms with Gasteiger partial charge in [-0.2, -0.15) is 4.98 Å². The molecule has 0 saturated heterocycles. The van der Waals surface area contributed by atoms with Crippen LogP contribution in [0, 0.1) is 20.8 Å². The number of hydrogen-bond acceptors (Lipinski definition) is 8. The molecule has 0 spiro atoms. The molecule has 1 amide bonds. The molecule has 9 heteroatoms. The minimum Gasteiger partial charge on any atom is -0.485 e. The van der Waals surface area contributed by atoms with Crippen LogP contribution in [0.4, 0.5) is 5.69 Å². The van der Waals surface area contributed by atoms with Crippen LogP contribution in [-0.2, 0) is 6.61 Å². The normalized spacial score (nSPS) is 10.8. The molecular formula is C22H20N4O3S2. The van der Waals surface area contributed by atoms with Crippen molar-refractivity contribution in [1.29, 1.82) is 0 Å². The number of aryl methyl sites for hydroxylation is 3. The second-order valence-corrected chi connectivity index (χ2v) is 9.01. The smallest absolute Gasteiger partial charge is 0.255 e. The summed E-state index contributed by atoms with van der Waals surface area (Å²) in [7, 11) is 0. The highest BCUT2D eigenvalue weighted by Gasteiger charge is 2.10. The van der Waals surface area contributed by atoms with Crippen LogP contribution < -0.4 is 10.1 Å². The van der Waals surface area contributed by atoms with Gasteiger partial charge in [0.05, 0.1) is 0 Å². The molecule has 0 radical (unpaired) electrons. The highest BCUT2D eigenvalue weighted by atomic mass is 32.2. The number of hydrogen-bond donors (Lipinski definition) is 1. The molecule has 0 unspecified atom stereocenters. The summed E-state index contributed by atoms with van der Waals surface area (Å²) in [6, 6.07) is 12.9. The summed E-state index contributed by atoms with van der Waals surface area (Å²) in [5.41, 5.74) is 3.33. The molecule has 2 heterocycles. The van der Waals surface area contributed by atoms with Gasteiger partial charge >= 0.3 is 0 Å². The van der Waals surface area contributed by atoms with Gasteiger partial charge in [0.1, 0.15) is 5.75 Å². The van der Waals surface area contributed by atoms with Crippen molar-refractivity contribution in [3.8, 4) is 5.75 Å². The molecule has 0 fully saturated rings. The van der Waals surface area contributed by atoms with Crippen molar-refractivity contribution >= 4 is 34.7 Å². The first-order chi connectivity index (χ1) is 15.0. The van der Waals surface area contributed by atoms with Crippen molar-refractivity contribution < 1.29 is 14.1 Å². The zero-order valence-corrected chi connectivity index (χ0v) is 18.8. The zero-order chi connectivity index (χ0) is 21.8. The van der Waals surface area contributed by atoms with Crippen molar-refractivity contribution in [3.05, 3.63) is 76.4 Å².